The molecule has 2 saturated heterocycles. The molecule has 2 amide bonds. The average molecular weight is 343 g/mol. The van der Waals surface area contributed by atoms with Gasteiger partial charge in [0.05, 0.1) is 29.7 Å². The number of nitrogens with zero attached hydrogens (tertiary/aromatic N) is 1. The molecule has 2 bridgehead atoms. The predicted octanol–water partition coefficient (Wildman–Crippen LogP) is 0.807. The maximum atomic E-state index is 13.0. The lowest BCUT2D eigenvalue weighted by atomic mass is 9.73. The van der Waals surface area contributed by atoms with E-state index in [9.17, 15) is 19.5 Å². The molecule has 25 heavy (non-hydrogen) atoms. The first-order chi connectivity index (χ1) is 11.8. The number of aliphatic hydroxyl groups excluding tert-OH is 1. The van der Waals surface area contributed by atoms with E-state index in [0.717, 1.165) is 4.90 Å². The van der Waals surface area contributed by atoms with Crippen molar-refractivity contribution in [1.29, 1.82) is 0 Å². The summed E-state index contributed by atoms with van der Waals surface area (Å²) < 4.78 is 10.8. The Morgan fingerprint density at radius 1 is 1.20 bits per heavy atom. The molecule has 7 nitrogen and oxygen atoms in total. The van der Waals surface area contributed by atoms with Gasteiger partial charge in [-0.05, 0) is 31.2 Å². The van der Waals surface area contributed by atoms with Gasteiger partial charge in [-0.25, -0.2) is 4.90 Å². The van der Waals surface area contributed by atoms with E-state index in [4.69, 9.17) is 9.47 Å². The number of esters is 1. The first-order valence-corrected chi connectivity index (χ1v) is 7.99. The zero-order valence-corrected chi connectivity index (χ0v) is 13.8. The van der Waals surface area contributed by atoms with Crippen molar-refractivity contribution >= 4 is 23.5 Å². The van der Waals surface area contributed by atoms with Gasteiger partial charge in [0.2, 0.25) is 11.8 Å². The third kappa shape index (κ3) is 2.03. The summed E-state index contributed by atoms with van der Waals surface area (Å²) in [5, 5.41) is 9.78. The summed E-state index contributed by atoms with van der Waals surface area (Å²) in [7, 11) is 0. The molecule has 0 saturated carbocycles. The van der Waals surface area contributed by atoms with Crippen LogP contribution in [0.3, 0.4) is 0 Å². The standard InChI is InChI=1S/C18H17NO6/c1-10(21)24-12-5-3-11(4-6-12)19-15(22)13-14(16(19)23)18(9-20)8-7-17(13,2)25-18/h3-8,13-14,20H,9H2,1-2H3/t13-,14-,17-,18+/m1/s1. The van der Waals surface area contributed by atoms with Gasteiger partial charge >= 0.3 is 5.97 Å². The van der Waals surface area contributed by atoms with Crippen molar-refractivity contribution in [3.63, 3.8) is 0 Å². The summed E-state index contributed by atoms with van der Waals surface area (Å²) >= 11 is 0. The maximum Gasteiger partial charge on any atom is 0.308 e. The zero-order chi connectivity index (χ0) is 18.0. The molecule has 7 heteroatoms. The van der Waals surface area contributed by atoms with Gasteiger partial charge in [-0.2, -0.15) is 0 Å². The molecule has 130 valence electrons. The van der Waals surface area contributed by atoms with Gasteiger partial charge in [-0.15, -0.1) is 0 Å². The smallest absolute Gasteiger partial charge is 0.308 e. The largest absolute Gasteiger partial charge is 0.427 e. The Bertz CT molecular complexity index is 815. The number of benzene rings is 1. The van der Waals surface area contributed by atoms with Crippen LogP contribution < -0.4 is 9.64 Å². The van der Waals surface area contributed by atoms with Crippen LogP contribution in [0.15, 0.2) is 36.4 Å². The molecule has 0 radical (unpaired) electrons. The average Bonchev–Trinajstić information content (AvgIpc) is 3.14. The number of ether oxygens (including phenoxy) is 2. The van der Waals surface area contributed by atoms with Gasteiger partial charge in [0.1, 0.15) is 11.4 Å². The molecule has 0 unspecified atom stereocenters. The molecule has 1 aromatic carbocycles. The molecule has 4 atom stereocenters. The number of hydrogen-bond acceptors (Lipinski definition) is 6. The van der Waals surface area contributed by atoms with Crippen LogP contribution in [0, 0.1) is 11.8 Å². The van der Waals surface area contributed by atoms with Gasteiger partial charge in [0.25, 0.3) is 0 Å². The minimum Gasteiger partial charge on any atom is -0.427 e. The molecule has 1 aromatic rings. The Morgan fingerprint density at radius 3 is 2.44 bits per heavy atom. The summed E-state index contributed by atoms with van der Waals surface area (Å²) in [6.07, 6.45) is 3.44. The highest BCUT2D eigenvalue weighted by molar-refractivity contribution is 6.23. The SMILES string of the molecule is CC(=O)Oc1ccc(N2C(=O)[C@H]3[C@H](C2=O)[C@@]2(CO)C=C[C@@]3(C)O2)cc1. The number of imide groups is 1. The highest BCUT2D eigenvalue weighted by Gasteiger charge is 2.72. The van der Waals surface area contributed by atoms with E-state index < -0.39 is 34.9 Å². The first-order valence-electron chi connectivity index (χ1n) is 7.99. The van der Waals surface area contributed by atoms with Crippen LogP contribution in [0.2, 0.25) is 0 Å². The van der Waals surface area contributed by atoms with Crippen molar-refractivity contribution in [2.24, 2.45) is 11.8 Å². The van der Waals surface area contributed by atoms with Crippen molar-refractivity contribution < 1.29 is 29.0 Å². The lowest BCUT2D eigenvalue weighted by Crippen LogP contribution is -2.43. The van der Waals surface area contributed by atoms with Crippen LogP contribution in [0.4, 0.5) is 5.69 Å². The number of anilines is 1. The van der Waals surface area contributed by atoms with Gasteiger partial charge in [-0.3, -0.25) is 14.4 Å². The third-order valence-electron chi connectivity index (χ3n) is 5.16. The van der Waals surface area contributed by atoms with Crippen LogP contribution in [0.5, 0.6) is 5.75 Å². The number of fused-ring (bicyclic) bond motifs is 5. The molecule has 4 rings (SSSR count). The van der Waals surface area contributed by atoms with Crippen LogP contribution in [-0.4, -0.2) is 40.7 Å². The maximum absolute atomic E-state index is 13.0. The number of carbonyl (C=O) groups is 3. The third-order valence-corrected chi connectivity index (χ3v) is 5.16. The van der Waals surface area contributed by atoms with E-state index in [2.05, 4.69) is 0 Å². The Hall–Kier alpha value is -2.51. The molecule has 1 N–H and O–H groups in total. The molecule has 3 heterocycles. The molecular weight excluding hydrogens is 326 g/mol. The number of carbonyl (C=O) groups excluding carboxylic acids is 3. The van der Waals surface area contributed by atoms with Crippen molar-refractivity contribution in [2.75, 3.05) is 11.5 Å². The summed E-state index contributed by atoms with van der Waals surface area (Å²) in [6.45, 7) is 2.68. The Balaban J connectivity index is 1.69. The Kier molecular flexibility index (Phi) is 3.20. The molecule has 0 aliphatic carbocycles. The van der Waals surface area contributed by atoms with Crippen LogP contribution >= 0.6 is 0 Å². The van der Waals surface area contributed by atoms with Crippen molar-refractivity contribution in [1.82, 2.24) is 0 Å². The van der Waals surface area contributed by atoms with Crippen molar-refractivity contribution in [3.05, 3.63) is 36.4 Å². The lowest BCUT2D eigenvalue weighted by Gasteiger charge is -2.26. The summed E-state index contributed by atoms with van der Waals surface area (Å²) in [5.41, 5.74) is -1.64. The van der Waals surface area contributed by atoms with E-state index >= 15 is 0 Å². The Labute approximate surface area is 143 Å². The first kappa shape index (κ1) is 16.0. The number of hydrogen-bond donors (Lipinski definition) is 1. The van der Waals surface area contributed by atoms with Crippen LogP contribution in [0.1, 0.15) is 13.8 Å². The van der Waals surface area contributed by atoms with Crippen LogP contribution in [-0.2, 0) is 19.1 Å². The van der Waals surface area contributed by atoms with Crippen LogP contribution in [0.25, 0.3) is 0 Å². The monoisotopic (exact) mass is 343 g/mol. The van der Waals surface area contributed by atoms with E-state index in [-0.39, 0.29) is 12.5 Å². The number of amides is 2. The van der Waals surface area contributed by atoms with Gasteiger partial charge in [0, 0.05) is 6.92 Å². The highest BCUT2D eigenvalue weighted by Crippen LogP contribution is 2.57. The number of rotatable bonds is 3. The second-order valence-corrected chi connectivity index (χ2v) is 6.79. The quantitative estimate of drug-likeness (QED) is 0.378. The molecule has 0 spiro atoms. The fourth-order valence-corrected chi connectivity index (χ4v) is 4.12. The fraction of sp³-hybridized carbons (Fsp3) is 0.389. The predicted molar refractivity (Wildman–Crippen MR) is 85.7 cm³/mol. The summed E-state index contributed by atoms with van der Waals surface area (Å²) in [5.74, 6) is -2.26. The molecular formula is C18H17NO6. The molecule has 3 aliphatic heterocycles. The van der Waals surface area contributed by atoms with Gasteiger partial charge in [0.15, 0.2) is 0 Å². The van der Waals surface area contributed by atoms with E-state index in [1.807, 2.05) is 0 Å². The molecule has 2 fully saturated rings. The second-order valence-electron chi connectivity index (χ2n) is 6.79. The summed E-state index contributed by atoms with van der Waals surface area (Å²) in [6, 6.07) is 6.16. The highest BCUT2D eigenvalue weighted by atomic mass is 16.5. The van der Waals surface area contributed by atoms with Gasteiger partial charge in [-0.1, -0.05) is 12.2 Å². The minimum absolute atomic E-state index is 0.333. The van der Waals surface area contributed by atoms with Gasteiger partial charge < -0.3 is 14.6 Å². The minimum atomic E-state index is -1.14. The van der Waals surface area contributed by atoms with E-state index in [1.165, 1.54) is 19.1 Å². The summed E-state index contributed by atoms with van der Waals surface area (Å²) in [4.78, 5) is 38.0. The second kappa shape index (κ2) is 5.00. The number of aliphatic hydroxyl groups is 1. The Morgan fingerprint density at radius 2 is 1.84 bits per heavy atom. The molecule has 3 aliphatic rings. The topological polar surface area (TPSA) is 93.1 Å². The van der Waals surface area contributed by atoms with Crippen molar-refractivity contribution in [3.8, 4) is 5.75 Å². The van der Waals surface area contributed by atoms with E-state index in [0.29, 0.717) is 11.4 Å². The van der Waals surface area contributed by atoms with E-state index in [1.54, 1.807) is 31.2 Å². The zero-order valence-electron chi connectivity index (χ0n) is 13.8. The molecule has 0 aromatic heterocycles. The fourth-order valence-electron chi connectivity index (χ4n) is 4.12. The van der Waals surface area contributed by atoms with Crippen molar-refractivity contribution in [2.45, 2.75) is 25.0 Å². The normalized spacial score (nSPS) is 35.4. The lowest BCUT2D eigenvalue weighted by molar-refractivity contribution is -0.133.